The molecule has 2 fully saturated rings. The van der Waals surface area contributed by atoms with Crippen LogP contribution >= 0.6 is 0 Å². The number of methoxy groups -OCH3 is 1. The topological polar surface area (TPSA) is 272 Å². The maximum Gasteiger partial charge on any atom is 0.415 e. The molecule has 0 bridgehead atoms. The SMILES string of the molecule is COc1ccc2cc3[n+](cc2c1OC(=O)N(C)CCNC(=O)OCCCCN1CCN(CCCOC(=O)Nc2ccc(COC(=O)N(C)CCN(C)C(=O)n4ccc5c(N(C)[C@@H]6CN(C(=O)CC#N)CC[C@@H]6C)ncnc54)cc2)CC1)CCc1cc2c(cc1-3)OCO2. The second kappa shape index (κ2) is 30.4. The number of likely N-dealkylation sites (tertiary alicyclic amines) is 1. The van der Waals surface area contributed by atoms with Crippen LogP contribution in [0.15, 0.2) is 79.4 Å². The van der Waals surface area contributed by atoms with E-state index in [4.69, 9.17) is 38.4 Å². The van der Waals surface area contributed by atoms with Crippen molar-refractivity contribution in [1.82, 2.24) is 49.3 Å². The van der Waals surface area contributed by atoms with Gasteiger partial charge in [-0.05, 0) is 97.1 Å². The van der Waals surface area contributed by atoms with Crippen LogP contribution in [0.3, 0.4) is 0 Å². The van der Waals surface area contributed by atoms with E-state index in [9.17, 15) is 28.8 Å². The second-order valence-corrected chi connectivity index (χ2v) is 23.5. The minimum absolute atomic E-state index is 0.00335. The minimum Gasteiger partial charge on any atom is -0.493 e. The van der Waals surface area contributed by atoms with Crippen LogP contribution < -0.4 is 39.0 Å². The van der Waals surface area contributed by atoms with Gasteiger partial charge < -0.3 is 72.8 Å². The van der Waals surface area contributed by atoms with Crippen molar-refractivity contribution in [1.29, 1.82) is 5.26 Å². The molecule has 0 radical (unpaired) electrons. The van der Waals surface area contributed by atoms with E-state index in [1.54, 1.807) is 68.6 Å². The molecule has 0 aliphatic carbocycles. The molecule has 6 amide bonds. The highest BCUT2D eigenvalue weighted by atomic mass is 16.7. The number of hydrogen-bond acceptors (Lipinski definition) is 19. The largest absolute Gasteiger partial charge is 0.493 e. The Kier molecular flexibility index (Phi) is 21.6. The number of unbranched alkanes of at least 4 members (excludes halogenated alkanes) is 1. The molecule has 3 aromatic heterocycles. The Morgan fingerprint density at radius 2 is 1.50 bits per heavy atom. The lowest BCUT2D eigenvalue weighted by atomic mass is 9.92. The molecule has 2 atom stereocenters. The highest BCUT2D eigenvalue weighted by molar-refractivity contribution is 5.96. The molecule has 0 unspecified atom stereocenters. The molecule has 0 spiro atoms. The number of nitrogens with one attached hydrogen (secondary N) is 2. The fraction of sp³-hybridized carbons (Fsp3) is 0.477. The maximum atomic E-state index is 13.7. The van der Waals surface area contributed by atoms with Gasteiger partial charge in [0.05, 0.1) is 48.8 Å². The summed E-state index contributed by atoms with van der Waals surface area (Å²) in [6.45, 7) is 10.7. The van der Waals surface area contributed by atoms with Crippen molar-refractivity contribution in [3.05, 3.63) is 90.5 Å². The molecule has 6 aromatic rings. The first kappa shape index (κ1) is 65.3. The number of nitrogens with zero attached hydrogens (tertiary/aromatic N) is 12. The molecule has 92 heavy (non-hydrogen) atoms. The van der Waals surface area contributed by atoms with Crippen molar-refractivity contribution in [3.8, 4) is 40.3 Å². The third-order valence-corrected chi connectivity index (χ3v) is 17.4. The number of carbonyl (C=O) groups is 6. The highest BCUT2D eigenvalue weighted by Crippen LogP contribution is 2.42. The quantitative estimate of drug-likeness (QED) is 0.0380. The Hall–Kier alpha value is -9.68. The molecule has 7 heterocycles. The van der Waals surface area contributed by atoms with Crippen LogP contribution in [-0.2, 0) is 38.6 Å². The fourth-order valence-electron chi connectivity index (χ4n) is 11.8. The van der Waals surface area contributed by atoms with Crippen LogP contribution in [0.5, 0.6) is 23.0 Å². The van der Waals surface area contributed by atoms with Crippen molar-refractivity contribution in [2.24, 2.45) is 5.92 Å². The standard InChI is InChI=1S/C65H80N14O13/c1-44-17-24-78(57(80)16-20-66)40-53(44)74(5)59-49-19-26-79(60(49)69-42-68-59)63(83)71(2)28-29-73(4)64(84)89-41-45-10-13-48(14-11-45)70-62(82)88-35-9-23-76-32-30-75(31-33-76)22-7-8-34-87-61(81)67-21-27-72(3)65(85)92-58-51-39-77-25-18-47-37-55-56(91-43-90-55)38-50(47)52(77)36-46(51)12-15-54(58)86-6/h10-15,19,26,36-39,42,44,53H,7-9,16-18,21-25,27-35,40-41,43H2,1-6H3,(H-,67,70,81,82)/p+1/t44-,53+/m0/s1. The van der Waals surface area contributed by atoms with E-state index < -0.39 is 24.4 Å². The van der Waals surface area contributed by atoms with Crippen LogP contribution in [-0.4, -0.2) is 220 Å². The van der Waals surface area contributed by atoms with Crippen molar-refractivity contribution < 1.29 is 66.5 Å². The minimum atomic E-state index is -0.596. The Morgan fingerprint density at radius 1 is 0.783 bits per heavy atom. The third kappa shape index (κ3) is 15.9. The molecular weight excluding hydrogens is 1180 g/mol. The molecule has 4 aliphatic rings. The van der Waals surface area contributed by atoms with Crippen LogP contribution in [0.1, 0.15) is 50.2 Å². The van der Waals surface area contributed by atoms with Gasteiger partial charge in [-0.2, -0.15) is 9.83 Å². The Morgan fingerprint density at radius 3 is 2.26 bits per heavy atom. The number of likely N-dealkylation sites (N-methyl/N-ethyl adjacent to an activating group) is 4. The Bertz CT molecular complexity index is 3680. The van der Waals surface area contributed by atoms with Gasteiger partial charge in [0, 0.05) is 125 Å². The van der Waals surface area contributed by atoms with Gasteiger partial charge in [0.15, 0.2) is 41.4 Å². The fourth-order valence-corrected chi connectivity index (χ4v) is 11.8. The number of amides is 6. The van der Waals surface area contributed by atoms with Gasteiger partial charge in [0.25, 0.3) is 0 Å². The number of rotatable bonds is 23. The average Bonchev–Trinajstić information content (AvgIpc) is 1.04. The first-order valence-corrected chi connectivity index (χ1v) is 31.2. The number of aryl methyl sites for hydroxylation is 2. The molecule has 2 N–H and O–H groups in total. The van der Waals surface area contributed by atoms with E-state index in [-0.39, 0.29) is 83.1 Å². The van der Waals surface area contributed by atoms with E-state index in [2.05, 4.69) is 48.0 Å². The third-order valence-electron chi connectivity index (χ3n) is 17.4. The smallest absolute Gasteiger partial charge is 0.415 e. The summed E-state index contributed by atoms with van der Waals surface area (Å²) in [6.07, 6.45) is 6.46. The summed E-state index contributed by atoms with van der Waals surface area (Å²) in [5, 5.41) is 16.8. The second-order valence-electron chi connectivity index (χ2n) is 23.5. The number of anilines is 2. The van der Waals surface area contributed by atoms with Gasteiger partial charge in [-0.15, -0.1) is 0 Å². The van der Waals surface area contributed by atoms with E-state index in [0.29, 0.717) is 65.5 Å². The van der Waals surface area contributed by atoms with Crippen molar-refractivity contribution in [3.63, 3.8) is 0 Å². The number of benzene rings is 3. The molecule has 27 heteroatoms. The number of piperazine rings is 1. The summed E-state index contributed by atoms with van der Waals surface area (Å²) in [4.78, 5) is 99.4. The van der Waals surface area contributed by atoms with Crippen molar-refractivity contribution in [2.75, 3.05) is 144 Å². The lowest BCUT2D eigenvalue weighted by Crippen LogP contribution is -2.52. The number of pyridine rings is 1. The average molecular weight is 1270 g/mol. The van der Waals surface area contributed by atoms with Gasteiger partial charge >= 0.3 is 30.4 Å². The summed E-state index contributed by atoms with van der Waals surface area (Å²) < 4.78 is 42.9. The number of carbonyl (C=O) groups excluding carboxylic acids is 6. The van der Waals surface area contributed by atoms with Crippen LogP contribution in [0, 0.1) is 17.2 Å². The number of aromatic nitrogens is 4. The summed E-state index contributed by atoms with van der Waals surface area (Å²) in [7, 11) is 8.29. The van der Waals surface area contributed by atoms with Crippen molar-refractivity contribution >= 4 is 69.6 Å². The zero-order chi connectivity index (χ0) is 64.8. The number of nitriles is 1. The van der Waals surface area contributed by atoms with Crippen molar-refractivity contribution in [2.45, 2.75) is 64.6 Å². The molecule has 2 saturated heterocycles. The molecule has 3 aromatic carbocycles. The van der Waals surface area contributed by atoms with Gasteiger partial charge in [0.2, 0.25) is 18.4 Å². The summed E-state index contributed by atoms with van der Waals surface area (Å²) in [5.41, 5.74) is 4.94. The van der Waals surface area contributed by atoms with E-state index in [0.717, 1.165) is 98.6 Å². The van der Waals surface area contributed by atoms with Gasteiger partial charge in [-0.25, -0.2) is 33.9 Å². The highest BCUT2D eigenvalue weighted by Gasteiger charge is 2.34. The zero-order valence-electron chi connectivity index (χ0n) is 53.1. The monoisotopic (exact) mass is 1270 g/mol. The molecule has 27 nitrogen and oxygen atoms in total. The molecule has 488 valence electrons. The predicted octanol–water partition coefficient (Wildman–Crippen LogP) is 6.78. The van der Waals surface area contributed by atoms with Crippen LogP contribution in [0.4, 0.5) is 35.5 Å². The molecule has 4 aliphatic heterocycles. The first-order valence-electron chi connectivity index (χ1n) is 31.2. The lowest BCUT2D eigenvalue weighted by molar-refractivity contribution is -0.686. The van der Waals surface area contributed by atoms with Gasteiger partial charge in [-0.1, -0.05) is 19.1 Å². The zero-order valence-corrected chi connectivity index (χ0v) is 53.1. The van der Waals surface area contributed by atoms with Crippen LogP contribution in [0.2, 0.25) is 0 Å². The van der Waals surface area contributed by atoms with E-state index in [1.807, 2.05) is 42.4 Å². The maximum absolute atomic E-state index is 13.7. The van der Waals surface area contributed by atoms with Gasteiger partial charge in [0.1, 0.15) is 25.2 Å². The number of ether oxygens (including phenoxy) is 7. The number of piperidine rings is 1. The molecular formula is C65H81N14O13+. The molecule has 10 rings (SSSR count). The number of fused-ring (bicyclic) bond motifs is 6. The summed E-state index contributed by atoms with van der Waals surface area (Å²) >= 11 is 0. The molecule has 0 saturated carbocycles. The Labute approximate surface area is 534 Å². The predicted molar refractivity (Wildman–Crippen MR) is 339 cm³/mol. The summed E-state index contributed by atoms with van der Waals surface area (Å²) in [6, 6.07) is 20.1. The Balaban J connectivity index is 0.548. The first-order chi connectivity index (χ1) is 44.5. The number of alkyl carbamates (subject to hydrolysis) is 1. The van der Waals surface area contributed by atoms with E-state index in [1.165, 1.54) is 38.3 Å². The van der Waals surface area contributed by atoms with Crippen LogP contribution in [0.25, 0.3) is 33.1 Å². The lowest BCUT2D eigenvalue weighted by Gasteiger charge is -2.42. The normalized spacial score (nSPS) is 15.9. The summed E-state index contributed by atoms with van der Waals surface area (Å²) in [5.74, 6) is 2.91. The van der Waals surface area contributed by atoms with E-state index >= 15 is 0 Å². The number of hydrogen-bond donors (Lipinski definition) is 2. The van der Waals surface area contributed by atoms with Gasteiger partial charge in [-0.3, -0.25) is 14.7 Å².